The molecule has 3 heteroatoms. The van der Waals surface area contributed by atoms with Gasteiger partial charge in [-0.2, -0.15) is 0 Å². The first-order valence-electron chi connectivity index (χ1n) is 3.36. The average Bonchev–Trinajstić information content (AvgIpc) is 2.05. The van der Waals surface area contributed by atoms with Crippen molar-refractivity contribution in [2.45, 2.75) is 0 Å². The van der Waals surface area contributed by atoms with E-state index in [0.29, 0.717) is 0 Å². The molecule has 10 heavy (non-hydrogen) atoms. The van der Waals surface area contributed by atoms with Gasteiger partial charge in [0.1, 0.15) is 0 Å². The summed E-state index contributed by atoms with van der Waals surface area (Å²) < 4.78 is 5.14. The predicted molar refractivity (Wildman–Crippen MR) is 40.3 cm³/mol. The second-order valence-electron chi connectivity index (χ2n) is 2.24. The van der Waals surface area contributed by atoms with E-state index in [1.165, 1.54) is 6.21 Å². The summed E-state index contributed by atoms with van der Waals surface area (Å²) in [5, 5.41) is 6.94. The Kier molecular flexibility index (Phi) is 2.45. The highest BCUT2D eigenvalue weighted by Crippen LogP contribution is 2.02. The fourth-order valence-corrected chi connectivity index (χ4v) is 0.942. The summed E-state index contributed by atoms with van der Waals surface area (Å²) in [7, 11) is 0. The Hall–Kier alpha value is -0.830. The lowest BCUT2D eigenvalue weighted by molar-refractivity contribution is 0.0569. The Labute approximate surface area is 60.8 Å². The Morgan fingerprint density at radius 2 is 2.10 bits per heavy atom. The van der Waals surface area contributed by atoms with E-state index in [4.69, 9.17) is 10.1 Å². The molecule has 1 fully saturated rings. The van der Waals surface area contributed by atoms with E-state index >= 15 is 0 Å². The number of nitrogens with zero attached hydrogens (tertiary/aromatic N) is 1. The molecule has 0 aromatic heterocycles. The van der Waals surface area contributed by atoms with E-state index in [1.807, 2.05) is 0 Å². The maximum Gasteiger partial charge on any atom is 0.0642 e. The lowest BCUT2D eigenvalue weighted by Gasteiger charge is -2.28. The second kappa shape index (κ2) is 3.37. The molecule has 1 heterocycles. The van der Waals surface area contributed by atoms with Gasteiger partial charge in [0.2, 0.25) is 0 Å². The molecule has 0 aromatic carbocycles. The molecule has 3 nitrogen and oxygen atoms in total. The van der Waals surface area contributed by atoms with Crippen molar-refractivity contribution in [1.82, 2.24) is 4.90 Å². The molecule has 1 rings (SSSR count). The van der Waals surface area contributed by atoms with Crippen LogP contribution in [-0.4, -0.2) is 37.4 Å². The monoisotopic (exact) mass is 140 g/mol. The minimum atomic E-state index is 0.757. The molecule has 0 aliphatic carbocycles. The molecule has 1 aliphatic rings. The van der Waals surface area contributed by atoms with Gasteiger partial charge in [-0.25, -0.2) is 0 Å². The normalized spacial score (nSPS) is 18.6. The molecule has 0 spiro atoms. The summed E-state index contributed by atoms with van der Waals surface area (Å²) in [5.41, 5.74) is 0.781. The second-order valence-corrected chi connectivity index (χ2v) is 2.24. The van der Waals surface area contributed by atoms with Gasteiger partial charge in [-0.15, -0.1) is 0 Å². The van der Waals surface area contributed by atoms with Crippen molar-refractivity contribution in [2.24, 2.45) is 0 Å². The third-order valence-corrected chi connectivity index (χ3v) is 1.58. The Morgan fingerprint density at radius 1 is 1.50 bits per heavy atom. The topological polar surface area (TPSA) is 36.3 Å². The largest absolute Gasteiger partial charge is 0.378 e. The zero-order valence-electron chi connectivity index (χ0n) is 5.97. The van der Waals surface area contributed by atoms with Gasteiger partial charge in [0.05, 0.1) is 13.2 Å². The van der Waals surface area contributed by atoms with Crippen LogP contribution in [0.25, 0.3) is 0 Å². The van der Waals surface area contributed by atoms with E-state index < -0.39 is 0 Å². The van der Waals surface area contributed by atoms with Crippen LogP contribution in [0.2, 0.25) is 0 Å². The van der Waals surface area contributed by atoms with Gasteiger partial charge in [-0.3, -0.25) is 0 Å². The van der Waals surface area contributed by atoms with E-state index in [9.17, 15) is 0 Å². The summed E-state index contributed by atoms with van der Waals surface area (Å²) in [6.45, 7) is 6.98. The molecule has 0 saturated carbocycles. The van der Waals surface area contributed by atoms with Crippen LogP contribution in [0.1, 0.15) is 0 Å². The van der Waals surface area contributed by atoms with E-state index in [-0.39, 0.29) is 0 Å². The van der Waals surface area contributed by atoms with Gasteiger partial charge < -0.3 is 15.0 Å². The van der Waals surface area contributed by atoms with Crippen molar-refractivity contribution in [2.75, 3.05) is 26.3 Å². The van der Waals surface area contributed by atoms with E-state index in [0.717, 1.165) is 32.0 Å². The van der Waals surface area contributed by atoms with E-state index in [1.54, 1.807) is 0 Å². The van der Waals surface area contributed by atoms with Crippen molar-refractivity contribution < 1.29 is 4.74 Å². The van der Waals surface area contributed by atoms with Gasteiger partial charge in [-0.1, -0.05) is 6.58 Å². The number of allylic oxidation sites excluding steroid dienone is 1. The third kappa shape index (κ3) is 1.57. The lowest BCUT2D eigenvalue weighted by Crippen LogP contribution is -2.35. The molecule has 0 atom stereocenters. The first kappa shape index (κ1) is 7.28. The minimum absolute atomic E-state index is 0.757. The van der Waals surface area contributed by atoms with Gasteiger partial charge >= 0.3 is 0 Å². The molecule has 0 bridgehead atoms. The Morgan fingerprint density at radius 3 is 2.60 bits per heavy atom. The van der Waals surface area contributed by atoms with Crippen LogP contribution in [0, 0.1) is 5.41 Å². The summed E-state index contributed by atoms with van der Waals surface area (Å²) in [4.78, 5) is 2.05. The number of hydrogen-bond acceptors (Lipinski definition) is 3. The maximum atomic E-state index is 6.94. The average molecular weight is 140 g/mol. The van der Waals surface area contributed by atoms with Crippen LogP contribution in [0.15, 0.2) is 12.3 Å². The molecular formula is C7H12N2O. The minimum Gasteiger partial charge on any atom is -0.378 e. The highest BCUT2D eigenvalue weighted by molar-refractivity contribution is 5.73. The molecule has 0 unspecified atom stereocenters. The first-order valence-corrected chi connectivity index (χ1v) is 3.36. The number of hydrogen-bond donors (Lipinski definition) is 1. The summed E-state index contributed by atoms with van der Waals surface area (Å²) in [6, 6.07) is 0. The Balaban J connectivity index is 2.38. The van der Waals surface area contributed by atoms with Crippen LogP contribution in [0.3, 0.4) is 0 Å². The van der Waals surface area contributed by atoms with Crippen LogP contribution >= 0.6 is 0 Å². The highest BCUT2D eigenvalue weighted by Gasteiger charge is 2.09. The third-order valence-electron chi connectivity index (χ3n) is 1.58. The van der Waals surface area contributed by atoms with Crippen LogP contribution in [-0.2, 0) is 4.74 Å². The number of ether oxygens (including phenoxy) is 1. The van der Waals surface area contributed by atoms with Crippen molar-refractivity contribution in [3.05, 3.63) is 12.3 Å². The lowest BCUT2D eigenvalue weighted by atomic mass is 10.4. The molecule has 0 radical (unpaired) electrons. The smallest absolute Gasteiger partial charge is 0.0642 e. The number of morpholine rings is 1. The van der Waals surface area contributed by atoms with Crippen LogP contribution in [0.5, 0.6) is 0 Å². The standard InChI is InChI=1S/C7H12N2O/c1-7(6-8)9-2-4-10-5-3-9/h6,8H,1-5H2. The fraction of sp³-hybridized carbons (Fsp3) is 0.571. The Bertz CT molecular complexity index is 139. The zero-order valence-corrected chi connectivity index (χ0v) is 5.97. The summed E-state index contributed by atoms with van der Waals surface area (Å²) in [6.07, 6.45) is 1.28. The number of rotatable bonds is 2. The fourth-order valence-electron chi connectivity index (χ4n) is 0.942. The van der Waals surface area contributed by atoms with Crippen molar-refractivity contribution in [3.63, 3.8) is 0 Å². The van der Waals surface area contributed by atoms with Crippen molar-refractivity contribution in [1.29, 1.82) is 5.41 Å². The predicted octanol–water partition coefficient (Wildman–Crippen LogP) is 0.482. The quantitative estimate of drug-likeness (QED) is 0.566. The van der Waals surface area contributed by atoms with Gasteiger partial charge in [-0.05, 0) is 0 Å². The van der Waals surface area contributed by atoms with Crippen LogP contribution < -0.4 is 0 Å². The maximum absolute atomic E-state index is 6.94. The number of nitrogens with one attached hydrogen (secondary N) is 1. The summed E-state index contributed by atoms with van der Waals surface area (Å²) >= 11 is 0. The SMILES string of the molecule is C=C(C=N)N1CCOCC1. The summed E-state index contributed by atoms with van der Waals surface area (Å²) in [5.74, 6) is 0. The molecular weight excluding hydrogens is 128 g/mol. The molecule has 1 aliphatic heterocycles. The molecule has 1 N–H and O–H groups in total. The molecule has 0 aromatic rings. The molecule has 0 amide bonds. The zero-order chi connectivity index (χ0) is 7.40. The van der Waals surface area contributed by atoms with Crippen LogP contribution in [0.4, 0.5) is 0 Å². The van der Waals surface area contributed by atoms with E-state index in [2.05, 4.69) is 11.5 Å². The first-order chi connectivity index (χ1) is 4.84. The molecule has 56 valence electrons. The van der Waals surface area contributed by atoms with Gasteiger partial charge in [0, 0.05) is 25.0 Å². The molecule has 1 saturated heterocycles. The van der Waals surface area contributed by atoms with Gasteiger partial charge in [0.15, 0.2) is 0 Å². The van der Waals surface area contributed by atoms with Gasteiger partial charge in [0.25, 0.3) is 0 Å². The highest BCUT2D eigenvalue weighted by atomic mass is 16.5. The van der Waals surface area contributed by atoms with Crippen molar-refractivity contribution in [3.8, 4) is 0 Å². The van der Waals surface area contributed by atoms with Crippen molar-refractivity contribution >= 4 is 6.21 Å².